The molecule has 178 valence electrons. The SMILES string of the molecule is CCCCCCCCCn1c(=O)c(C(=O)Nc2nc3ccc(Cl)cc3s2)c(O)c2ccccc21. The van der Waals surface area contributed by atoms with Crippen molar-refractivity contribution in [3.63, 3.8) is 0 Å². The Morgan fingerprint density at radius 2 is 1.82 bits per heavy atom. The quantitative estimate of drug-likeness (QED) is 0.231. The number of carbonyl (C=O) groups excluding carboxylic acids is 1. The molecule has 34 heavy (non-hydrogen) atoms. The topological polar surface area (TPSA) is 84.2 Å². The molecular formula is C26H28ClN3O3S. The van der Waals surface area contributed by atoms with Crippen LogP contribution in [0.15, 0.2) is 47.3 Å². The molecule has 0 unspecified atom stereocenters. The van der Waals surface area contributed by atoms with Crippen LogP contribution in [0.3, 0.4) is 0 Å². The highest BCUT2D eigenvalue weighted by atomic mass is 35.5. The Morgan fingerprint density at radius 1 is 1.09 bits per heavy atom. The number of hydrogen-bond donors (Lipinski definition) is 2. The second-order valence-corrected chi connectivity index (χ2v) is 9.87. The molecule has 2 N–H and O–H groups in total. The number of carbonyl (C=O) groups is 1. The highest BCUT2D eigenvalue weighted by Crippen LogP contribution is 2.30. The lowest BCUT2D eigenvalue weighted by Gasteiger charge is -2.14. The summed E-state index contributed by atoms with van der Waals surface area (Å²) >= 11 is 7.30. The minimum Gasteiger partial charge on any atom is -0.506 e. The fraction of sp³-hybridized carbons (Fsp3) is 0.346. The molecular weight excluding hydrogens is 470 g/mol. The molecule has 4 aromatic rings. The fourth-order valence-electron chi connectivity index (χ4n) is 4.15. The molecule has 2 heterocycles. The monoisotopic (exact) mass is 497 g/mol. The van der Waals surface area contributed by atoms with E-state index in [4.69, 9.17) is 11.6 Å². The first kappa shape index (κ1) is 24.2. The Morgan fingerprint density at radius 3 is 2.62 bits per heavy atom. The van der Waals surface area contributed by atoms with Gasteiger partial charge in [0.2, 0.25) is 0 Å². The third kappa shape index (κ3) is 5.26. The van der Waals surface area contributed by atoms with Gasteiger partial charge in [0.1, 0.15) is 11.3 Å². The number of aryl methyl sites for hydroxylation is 1. The molecule has 8 heteroatoms. The highest BCUT2D eigenvalue weighted by molar-refractivity contribution is 7.22. The molecule has 0 saturated heterocycles. The summed E-state index contributed by atoms with van der Waals surface area (Å²) in [5.41, 5.74) is 0.564. The maximum absolute atomic E-state index is 13.4. The van der Waals surface area contributed by atoms with Crippen molar-refractivity contribution in [1.29, 1.82) is 0 Å². The zero-order valence-electron chi connectivity index (χ0n) is 19.1. The van der Waals surface area contributed by atoms with Gasteiger partial charge in [0.25, 0.3) is 11.5 Å². The van der Waals surface area contributed by atoms with Gasteiger partial charge in [-0.05, 0) is 36.8 Å². The van der Waals surface area contributed by atoms with Crippen LogP contribution in [0.25, 0.3) is 21.1 Å². The molecule has 0 fully saturated rings. The number of thiazole rings is 1. The van der Waals surface area contributed by atoms with Crippen LogP contribution < -0.4 is 10.9 Å². The molecule has 0 bridgehead atoms. The molecule has 0 spiro atoms. The van der Waals surface area contributed by atoms with Crippen molar-refractivity contribution in [1.82, 2.24) is 9.55 Å². The van der Waals surface area contributed by atoms with Crippen LogP contribution in [-0.4, -0.2) is 20.6 Å². The van der Waals surface area contributed by atoms with E-state index in [1.807, 2.05) is 6.07 Å². The Balaban J connectivity index is 1.59. The second-order valence-electron chi connectivity index (χ2n) is 8.40. The third-order valence-electron chi connectivity index (χ3n) is 5.93. The zero-order chi connectivity index (χ0) is 24.1. The molecule has 0 atom stereocenters. The van der Waals surface area contributed by atoms with Gasteiger partial charge in [0.15, 0.2) is 5.13 Å². The number of fused-ring (bicyclic) bond motifs is 2. The normalized spacial score (nSPS) is 11.4. The first-order chi connectivity index (χ1) is 16.5. The maximum Gasteiger partial charge on any atom is 0.267 e. The highest BCUT2D eigenvalue weighted by Gasteiger charge is 2.23. The molecule has 1 amide bonds. The first-order valence-corrected chi connectivity index (χ1v) is 12.9. The lowest BCUT2D eigenvalue weighted by Crippen LogP contribution is -2.30. The zero-order valence-corrected chi connectivity index (χ0v) is 20.7. The summed E-state index contributed by atoms with van der Waals surface area (Å²) < 4.78 is 2.43. The average Bonchev–Trinajstić information content (AvgIpc) is 3.21. The number of unbranched alkanes of at least 4 members (excludes halogenated alkanes) is 6. The minimum absolute atomic E-state index is 0.265. The van der Waals surface area contributed by atoms with Crippen LogP contribution in [0.4, 0.5) is 5.13 Å². The van der Waals surface area contributed by atoms with Crippen molar-refractivity contribution in [3.05, 3.63) is 63.4 Å². The summed E-state index contributed by atoms with van der Waals surface area (Å²) in [5, 5.41) is 14.9. The summed E-state index contributed by atoms with van der Waals surface area (Å²) in [4.78, 5) is 30.9. The van der Waals surface area contributed by atoms with Gasteiger partial charge in [-0.15, -0.1) is 0 Å². The van der Waals surface area contributed by atoms with Gasteiger partial charge in [0, 0.05) is 17.0 Å². The third-order valence-corrected chi connectivity index (χ3v) is 7.10. The maximum atomic E-state index is 13.4. The lowest BCUT2D eigenvalue weighted by molar-refractivity contribution is 0.102. The van der Waals surface area contributed by atoms with Gasteiger partial charge in [-0.2, -0.15) is 0 Å². The first-order valence-electron chi connectivity index (χ1n) is 11.7. The molecule has 6 nitrogen and oxygen atoms in total. The molecule has 0 aliphatic carbocycles. The van der Waals surface area contributed by atoms with Crippen molar-refractivity contribution in [3.8, 4) is 5.75 Å². The van der Waals surface area contributed by atoms with Crippen molar-refractivity contribution in [2.45, 2.75) is 58.4 Å². The predicted octanol–water partition coefficient (Wildman–Crippen LogP) is 6.97. The molecule has 0 aliphatic rings. The van der Waals surface area contributed by atoms with Gasteiger partial charge >= 0.3 is 0 Å². The number of pyridine rings is 1. The number of rotatable bonds is 10. The average molecular weight is 498 g/mol. The number of halogens is 1. The van der Waals surface area contributed by atoms with Gasteiger partial charge in [-0.3, -0.25) is 14.9 Å². The van der Waals surface area contributed by atoms with Crippen LogP contribution in [0.5, 0.6) is 5.75 Å². The Hall–Kier alpha value is -2.90. The summed E-state index contributed by atoms with van der Waals surface area (Å²) in [6, 6.07) is 12.4. The summed E-state index contributed by atoms with van der Waals surface area (Å²) in [5.74, 6) is -0.982. The van der Waals surface area contributed by atoms with Gasteiger partial charge < -0.3 is 9.67 Å². The van der Waals surface area contributed by atoms with E-state index >= 15 is 0 Å². The van der Waals surface area contributed by atoms with E-state index in [9.17, 15) is 14.7 Å². The molecule has 0 saturated carbocycles. The number of aromatic nitrogens is 2. The lowest BCUT2D eigenvalue weighted by atomic mass is 10.1. The van der Waals surface area contributed by atoms with Gasteiger partial charge in [0.05, 0.1) is 15.7 Å². The Labute approximate surface area is 207 Å². The fourth-order valence-corrected chi connectivity index (χ4v) is 5.29. The van der Waals surface area contributed by atoms with Crippen LogP contribution >= 0.6 is 22.9 Å². The van der Waals surface area contributed by atoms with Crippen LogP contribution in [0.2, 0.25) is 5.02 Å². The van der Waals surface area contributed by atoms with E-state index in [0.29, 0.717) is 33.1 Å². The van der Waals surface area contributed by atoms with Crippen molar-refractivity contribution in [2.75, 3.05) is 5.32 Å². The van der Waals surface area contributed by atoms with E-state index in [0.717, 1.165) is 24.0 Å². The molecule has 0 radical (unpaired) electrons. The summed E-state index contributed by atoms with van der Waals surface area (Å²) in [7, 11) is 0. The van der Waals surface area contributed by atoms with Crippen molar-refractivity contribution >= 4 is 55.1 Å². The van der Waals surface area contributed by atoms with Crippen molar-refractivity contribution < 1.29 is 9.90 Å². The standard InChI is InChI=1S/C26H28ClN3O3S/c1-2-3-4-5-6-7-10-15-30-20-12-9-8-11-18(20)23(31)22(25(30)33)24(32)29-26-28-19-14-13-17(27)16-21(19)34-26/h8-9,11-14,16,31H,2-7,10,15H2,1H3,(H,28,29,32). The number of hydrogen-bond acceptors (Lipinski definition) is 5. The number of amides is 1. The molecule has 0 aliphatic heterocycles. The van der Waals surface area contributed by atoms with Crippen LogP contribution in [-0.2, 0) is 6.54 Å². The van der Waals surface area contributed by atoms with Crippen molar-refractivity contribution in [2.24, 2.45) is 0 Å². The van der Waals surface area contributed by atoms with Crippen LogP contribution in [0.1, 0.15) is 62.2 Å². The van der Waals surface area contributed by atoms with Gasteiger partial charge in [-0.1, -0.05) is 80.5 Å². The molecule has 4 rings (SSSR count). The Bertz CT molecular complexity index is 1380. The number of nitrogens with one attached hydrogen (secondary N) is 1. The smallest absolute Gasteiger partial charge is 0.267 e. The molecule has 2 aromatic heterocycles. The minimum atomic E-state index is -0.674. The van der Waals surface area contributed by atoms with E-state index < -0.39 is 11.5 Å². The summed E-state index contributed by atoms with van der Waals surface area (Å²) in [6.07, 6.45) is 7.87. The Kier molecular flexibility index (Phi) is 7.85. The number of aromatic hydroxyl groups is 1. The van der Waals surface area contributed by atoms with Crippen LogP contribution in [0, 0.1) is 0 Å². The van der Waals surface area contributed by atoms with E-state index in [1.165, 1.54) is 37.0 Å². The van der Waals surface area contributed by atoms with E-state index in [2.05, 4.69) is 17.2 Å². The second kappa shape index (κ2) is 11.0. The molecule has 2 aromatic carbocycles. The largest absolute Gasteiger partial charge is 0.506 e. The number of benzene rings is 2. The van der Waals surface area contributed by atoms with E-state index in [1.54, 1.807) is 41.0 Å². The summed E-state index contributed by atoms with van der Waals surface area (Å²) in [6.45, 7) is 2.69. The van der Waals surface area contributed by atoms with E-state index in [-0.39, 0.29) is 11.3 Å². The number of anilines is 1. The van der Waals surface area contributed by atoms with Gasteiger partial charge in [-0.25, -0.2) is 4.98 Å². The number of para-hydroxylation sites is 1. The predicted molar refractivity (Wildman–Crippen MR) is 140 cm³/mol. The number of nitrogens with zero attached hydrogens (tertiary/aromatic N) is 2.